The van der Waals surface area contributed by atoms with Gasteiger partial charge in [-0.15, -0.1) is 0 Å². The molecule has 0 atom stereocenters. The van der Waals surface area contributed by atoms with E-state index in [-0.39, 0.29) is 27.6 Å². The number of hydrogen-bond donors (Lipinski definition) is 1. The Morgan fingerprint density at radius 1 is 1.00 bits per heavy atom. The molecule has 158 valence electrons. The minimum absolute atomic E-state index is 0.0773. The second-order valence-electron chi connectivity index (χ2n) is 6.78. The van der Waals surface area contributed by atoms with Crippen molar-refractivity contribution >= 4 is 43.7 Å². The van der Waals surface area contributed by atoms with Gasteiger partial charge in [-0.05, 0) is 34.5 Å². The predicted molar refractivity (Wildman–Crippen MR) is 120 cm³/mol. The van der Waals surface area contributed by atoms with Gasteiger partial charge in [0.25, 0.3) is 10.0 Å². The maximum atomic E-state index is 12.9. The van der Waals surface area contributed by atoms with E-state index >= 15 is 0 Å². The summed E-state index contributed by atoms with van der Waals surface area (Å²) in [5.41, 5.74) is 0.890. The first-order chi connectivity index (χ1) is 15.0. The molecule has 3 aromatic carbocycles. The number of sulfonamides is 1. The van der Waals surface area contributed by atoms with Crippen LogP contribution in [0.2, 0.25) is 5.02 Å². The third kappa shape index (κ3) is 4.07. The van der Waals surface area contributed by atoms with Crippen molar-refractivity contribution in [1.29, 1.82) is 0 Å². The Morgan fingerprint density at radius 2 is 1.81 bits per heavy atom. The van der Waals surface area contributed by atoms with E-state index in [1.165, 1.54) is 6.07 Å². The van der Waals surface area contributed by atoms with Crippen LogP contribution in [-0.4, -0.2) is 15.2 Å². The molecule has 1 N–H and O–H groups in total. The lowest BCUT2D eigenvalue weighted by Crippen LogP contribution is -2.22. The standard InChI is InChI=1S/C22H16ClNO5S2/c23-18-11-21(30-22(18)29-16-8-9-19-20(10-16)28-13-27-19)31(25,26)24-12-15-6-3-5-14-4-1-2-7-17(14)15/h1-11,24H,12-13H2. The summed E-state index contributed by atoms with van der Waals surface area (Å²) in [4.78, 5) is 0. The summed E-state index contributed by atoms with van der Waals surface area (Å²) in [5, 5.41) is 2.56. The molecule has 4 aromatic rings. The van der Waals surface area contributed by atoms with Gasteiger partial charge in [-0.2, -0.15) is 0 Å². The van der Waals surface area contributed by atoms with Crippen LogP contribution >= 0.6 is 22.9 Å². The zero-order valence-corrected chi connectivity index (χ0v) is 18.4. The highest BCUT2D eigenvalue weighted by atomic mass is 35.5. The van der Waals surface area contributed by atoms with E-state index in [9.17, 15) is 8.42 Å². The molecule has 1 aliphatic rings. The first-order valence-corrected chi connectivity index (χ1v) is 12.0. The molecule has 0 fully saturated rings. The van der Waals surface area contributed by atoms with Crippen LogP contribution in [0.5, 0.6) is 22.3 Å². The Labute approximate surface area is 188 Å². The Hall–Kier alpha value is -2.78. The van der Waals surface area contributed by atoms with E-state index in [1.807, 2.05) is 42.5 Å². The molecule has 6 nitrogen and oxygen atoms in total. The minimum atomic E-state index is -3.77. The van der Waals surface area contributed by atoms with Crippen molar-refractivity contribution in [2.45, 2.75) is 10.8 Å². The Morgan fingerprint density at radius 3 is 2.71 bits per heavy atom. The minimum Gasteiger partial charge on any atom is -0.454 e. The summed E-state index contributed by atoms with van der Waals surface area (Å²) in [6.07, 6.45) is 0. The number of hydrogen-bond acceptors (Lipinski definition) is 6. The fourth-order valence-corrected chi connectivity index (χ4v) is 5.92. The van der Waals surface area contributed by atoms with Crippen LogP contribution in [0.1, 0.15) is 5.56 Å². The molecular weight excluding hydrogens is 458 g/mol. The molecule has 0 spiro atoms. The zero-order chi connectivity index (χ0) is 21.4. The maximum Gasteiger partial charge on any atom is 0.250 e. The molecule has 5 rings (SSSR count). The van der Waals surface area contributed by atoms with Crippen molar-refractivity contribution in [2.24, 2.45) is 0 Å². The number of nitrogens with one attached hydrogen (secondary N) is 1. The average Bonchev–Trinajstić information content (AvgIpc) is 3.39. The van der Waals surface area contributed by atoms with Crippen LogP contribution in [-0.2, 0) is 16.6 Å². The SMILES string of the molecule is O=S(=O)(NCc1cccc2ccccc12)c1cc(Cl)c(Oc2ccc3c(c2)OCO3)s1. The van der Waals surface area contributed by atoms with Crippen molar-refractivity contribution in [2.75, 3.05) is 6.79 Å². The van der Waals surface area contributed by atoms with Crippen LogP contribution in [0.15, 0.2) is 70.9 Å². The zero-order valence-electron chi connectivity index (χ0n) is 16.0. The van der Waals surface area contributed by atoms with Crippen LogP contribution in [0.4, 0.5) is 0 Å². The third-order valence-corrected chi connectivity index (χ3v) is 8.07. The average molecular weight is 474 g/mol. The second-order valence-corrected chi connectivity index (χ2v) is 10.2. The van der Waals surface area contributed by atoms with Gasteiger partial charge in [-0.3, -0.25) is 0 Å². The normalized spacial score (nSPS) is 12.9. The number of rotatable bonds is 6. The van der Waals surface area contributed by atoms with Crippen LogP contribution in [0.3, 0.4) is 0 Å². The topological polar surface area (TPSA) is 73.9 Å². The van der Waals surface area contributed by atoms with Crippen LogP contribution in [0, 0.1) is 0 Å². The molecule has 0 aliphatic carbocycles. The summed E-state index contributed by atoms with van der Waals surface area (Å²) in [7, 11) is -3.77. The monoisotopic (exact) mass is 473 g/mol. The molecule has 1 aromatic heterocycles. The highest BCUT2D eigenvalue weighted by Crippen LogP contribution is 2.42. The van der Waals surface area contributed by atoms with Crippen LogP contribution < -0.4 is 18.9 Å². The lowest BCUT2D eigenvalue weighted by Gasteiger charge is -2.08. The van der Waals surface area contributed by atoms with Gasteiger partial charge in [0, 0.05) is 12.6 Å². The van der Waals surface area contributed by atoms with Gasteiger partial charge >= 0.3 is 0 Å². The Bertz CT molecular complexity index is 1380. The van der Waals surface area contributed by atoms with Crippen molar-refractivity contribution in [3.63, 3.8) is 0 Å². The quantitative estimate of drug-likeness (QED) is 0.397. The van der Waals surface area contributed by atoms with Crippen molar-refractivity contribution in [3.8, 4) is 22.3 Å². The number of fused-ring (bicyclic) bond motifs is 2. The van der Waals surface area contributed by atoms with Crippen molar-refractivity contribution < 1.29 is 22.6 Å². The van der Waals surface area contributed by atoms with E-state index in [1.54, 1.807) is 18.2 Å². The summed E-state index contributed by atoms with van der Waals surface area (Å²) < 4.78 is 44.9. The molecular formula is C22H16ClNO5S2. The Kier molecular flexibility index (Phi) is 5.23. The summed E-state index contributed by atoms with van der Waals surface area (Å²) in [6.45, 7) is 0.320. The lowest BCUT2D eigenvalue weighted by atomic mass is 10.1. The predicted octanol–water partition coefficient (Wildman–Crippen LogP) is 5.55. The van der Waals surface area contributed by atoms with Gasteiger partial charge in [0.2, 0.25) is 11.9 Å². The van der Waals surface area contributed by atoms with Gasteiger partial charge in [0.15, 0.2) is 11.5 Å². The number of benzene rings is 3. The molecule has 0 bridgehead atoms. The Balaban J connectivity index is 1.35. The number of halogens is 1. The van der Waals surface area contributed by atoms with E-state index in [2.05, 4.69) is 4.72 Å². The summed E-state index contributed by atoms with van der Waals surface area (Å²) >= 11 is 7.21. The molecule has 0 amide bonds. The van der Waals surface area contributed by atoms with Crippen LogP contribution in [0.25, 0.3) is 10.8 Å². The lowest BCUT2D eigenvalue weighted by molar-refractivity contribution is 0.174. The maximum absolute atomic E-state index is 12.9. The van der Waals surface area contributed by atoms with E-state index < -0.39 is 10.0 Å². The molecule has 31 heavy (non-hydrogen) atoms. The second kappa shape index (κ2) is 8.05. The third-order valence-electron chi connectivity index (χ3n) is 4.78. The molecule has 2 heterocycles. The van der Waals surface area contributed by atoms with E-state index in [0.29, 0.717) is 17.2 Å². The first kappa shape index (κ1) is 20.1. The van der Waals surface area contributed by atoms with E-state index in [0.717, 1.165) is 27.7 Å². The number of thiophene rings is 1. The molecule has 0 saturated heterocycles. The van der Waals surface area contributed by atoms with Gasteiger partial charge in [-0.25, -0.2) is 13.1 Å². The highest BCUT2D eigenvalue weighted by Gasteiger charge is 2.22. The van der Waals surface area contributed by atoms with Crippen molar-refractivity contribution in [1.82, 2.24) is 4.72 Å². The first-order valence-electron chi connectivity index (χ1n) is 9.33. The van der Waals surface area contributed by atoms with Gasteiger partial charge in [0.05, 0.1) is 5.02 Å². The van der Waals surface area contributed by atoms with Crippen molar-refractivity contribution in [3.05, 3.63) is 77.3 Å². The van der Waals surface area contributed by atoms with Gasteiger partial charge < -0.3 is 14.2 Å². The fourth-order valence-electron chi connectivity index (χ4n) is 3.27. The number of ether oxygens (including phenoxy) is 3. The largest absolute Gasteiger partial charge is 0.454 e. The summed E-state index contributed by atoms with van der Waals surface area (Å²) in [5.74, 6) is 1.67. The van der Waals surface area contributed by atoms with E-state index in [4.69, 9.17) is 25.8 Å². The smallest absolute Gasteiger partial charge is 0.250 e. The highest BCUT2D eigenvalue weighted by molar-refractivity contribution is 7.91. The molecule has 0 saturated carbocycles. The fraction of sp³-hybridized carbons (Fsp3) is 0.0909. The van der Waals surface area contributed by atoms with Gasteiger partial charge in [0.1, 0.15) is 9.96 Å². The van der Waals surface area contributed by atoms with Gasteiger partial charge in [-0.1, -0.05) is 65.4 Å². The molecule has 1 aliphatic heterocycles. The molecule has 0 radical (unpaired) electrons. The molecule has 9 heteroatoms. The molecule has 0 unspecified atom stereocenters. The summed E-state index contributed by atoms with van der Waals surface area (Å²) in [6, 6.07) is 20.1.